The number of Topliss-reactive ketones (excluding diaryl/α,β-unsaturated/α-hetero) is 1. The standard InChI is InChI=1S/C18H15BrFN3O3/c1-8(24)26-18-16-14(9-3-4-11(20)10(19)7-9)15-12(5-6-13(15)25)21-17(16)23(2)22-18/h3-4,7,14,21H,5-6H2,1-2H3. The van der Waals surface area contributed by atoms with Gasteiger partial charge in [0.25, 0.3) is 0 Å². The zero-order valence-corrected chi connectivity index (χ0v) is 15.7. The normalized spacial score (nSPS) is 18.5. The van der Waals surface area contributed by atoms with Gasteiger partial charge in [0.2, 0.25) is 5.88 Å². The van der Waals surface area contributed by atoms with Gasteiger partial charge >= 0.3 is 5.97 Å². The molecule has 0 radical (unpaired) electrons. The van der Waals surface area contributed by atoms with Gasteiger partial charge < -0.3 is 10.1 Å². The number of allylic oxidation sites excluding steroid dienone is 2. The second kappa shape index (κ2) is 6.05. The van der Waals surface area contributed by atoms with Gasteiger partial charge in [0, 0.05) is 37.6 Å². The Hall–Kier alpha value is -2.48. The minimum absolute atomic E-state index is 0.0289. The Morgan fingerprint density at radius 1 is 1.42 bits per heavy atom. The lowest BCUT2D eigenvalue weighted by Crippen LogP contribution is -2.20. The topological polar surface area (TPSA) is 73.2 Å². The van der Waals surface area contributed by atoms with Gasteiger partial charge in [-0.1, -0.05) is 6.07 Å². The number of ketones is 1. The van der Waals surface area contributed by atoms with Crippen molar-refractivity contribution in [3.8, 4) is 5.88 Å². The van der Waals surface area contributed by atoms with Crippen LogP contribution in [0.1, 0.15) is 36.8 Å². The van der Waals surface area contributed by atoms with E-state index in [-0.39, 0.29) is 17.5 Å². The molecule has 1 atom stereocenters. The molecule has 1 aromatic carbocycles. The highest BCUT2D eigenvalue weighted by Crippen LogP contribution is 2.49. The van der Waals surface area contributed by atoms with E-state index >= 15 is 0 Å². The maximum atomic E-state index is 13.7. The number of esters is 1. The number of hydrogen-bond donors (Lipinski definition) is 1. The number of fused-ring (bicyclic) bond motifs is 1. The number of anilines is 1. The number of rotatable bonds is 2. The Kier molecular flexibility index (Phi) is 3.95. The van der Waals surface area contributed by atoms with Crippen molar-refractivity contribution in [3.63, 3.8) is 0 Å². The lowest BCUT2D eigenvalue weighted by molar-refractivity contribution is -0.132. The summed E-state index contributed by atoms with van der Waals surface area (Å²) in [4.78, 5) is 24.1. The fraction of sp³-hybridized carbons (Fsp3) is 0.278. The summed E-state index contributed by atoms with van der Waals surface area (Å²) in [6.07, 6.45) is 1.03. The van der Waals surface area contributed by atoms with Crippen LogP contribution in [-0.2, 0) is 16.6 Å². The highest BCUT2D eigenvalue weighted by Gasteiger charge is 2.41. The second-order valence-corrected chi connectivity index (χ2v) is 7.19. The van der Waals surface area contributed by atoms with Gasteiger partial charge in [-0.05, 0) is 40.0 Å². The minimum atomic E-state index is -0.498. The van der Waals surface area contributed by atoms with E-state index < -0.39 is 11.9 Å². The number of carbonyl (C=O) groups is 2. The number of halogens is 2. The fourth-order valence-corrected chi connectivity index (χ4v) is 3.99. The van der Waals surface area contributed by atoms with Gasteiger partial charge in [-0.3, -0.25) is 9.59 Å². The maximum Gasteiger partial charge on any atom is 0.309 e. The molecule has 1 aromatic heterocycles. The minimum Gasteiger partial charge on any atom is -0.406 e. The van der Waals surface area contributed by atoms with E-state index in [1.165, 1.54) is 13.0 Å². The number of benzene rings is 1. The predicted octanol–water partition coefficient (Wildman–Crippen LogP) is 3.42. The van der Waals surface area contributed by atoms with Crippen LogP contribution in [0.15, 0.2) is 33.9 Å². The van der Waals surface area contributed by atoms with Crippen LogP contribution in [0.2, 0.25) is 0 Å². The summed E-state index contributed by atoms with van der Waals surface area (Å²) in [6, 6.07) is 4.64. The van der Waals surface area contributed by atoms with Crippen molar-refractivity contribution >= 4 is 33.5 Å². The Balaban J connectivity index is 1.96. The summed E-state index contributed by atoms with van der Waals surface area (Å²) in [5, 5.41) is 7.55. The molecule has 0 amide bonds. The third kappa shape index (κ3) is 2.56. The van der Waals surface area contributed by atoms with E-state index in [1.807, 2.05) is 0 Å². The van der Waals surface area contributed by atoms with Crippen LogP contribution in [-0.4, -0.2) is 21.5 Å². The van der Waals surface area contributed by atoms with Crippen molar-refractivity contribution in [2.45, 2.75) is 25.7 Å². The van der Waals surface area contributed by atoms with Crippen LogP contribution in [0.25, 0.3) is 0 Å². The largest absolute Gasteiger partial charge is 0.406 e. The van der Waals surface area contributed by atoms with Gasteiger partial charge in [-0.2, -0.15) is 0 Å². The molecule has 0 spiro atoms. The summed E-state index contributed by atoms with van der Waals surface area (Å²) in [5.41, 5.74) is 2.79. The molecule has 134 valence electrons. The van der Waals surface area contributed by atoms with Gasteiger partial charge in [-0.25, -0.2) is 9.07 Å². The molecule has 4 rings (SSSR count). The van der Waals surface area contributed by atoms with Crippen molar-refractivity contribution in [3.05, 3.63) is 50.9 Å². The first-order chi connectivity index (χ1) is 12.4. The van der Waals surface area contributed by atoms with Crippen LogP contribution in [0.5, 0.6) is 5.88 Å². The second-order valence-electron chi connectivity index (χ2n) is 6.33. The molecule has 8 heteroatoms. The van der Waals surface area contributed by atoms with E-state index in [0.717, 1.165) is 11.3 Å². The zero-order valence-electron chi connectivity index (χ0n) is 14.1. The molecule has 2 heterocycles. The highest BCUT2D eigenvalue weighted by molar-refractivity contribution is 9.10. The molecule has 0 saturated heterocycles. The number of ether oxygens (including phenoxy) is 1. The molecule has 1 unspecified atom stereocenters. The quantitative estimate of drug-likeness (QED) is 0.754. The van der Waals surface area contributed by atoms with Crippen LogP contribution in [0.4, 0.5) is 10.2 Å². The van der Waals surface area contributed by atoms with Crippen LogP contribution in [0, 0.1) is 5.82 Å². The SMILES string of the molecule is CC(=O)Oc1nn(C)c2c1C(c1ccc(F)c(Br)c1)C1=C(CCC1=O)N2. The van der Waals surface area contributed by atoms with Crippen molar-refractivity contribution in [2.75, 3.05) is 5.32 Å². The number of aryl methyl sites for hydroxylation is 1. The Morgan fingerprint density at radius 2 is 2.19 bits per heavy atom. The van der Waals surface area contributed by atoms with Crippen LogP contribution < -0.4 is 10.1 Å². The molecule has 1 N–H and O–H groups in total. The molecule has 1 aliphatic carbocycles. The summed E-state index contributed by atoms with van der Waals surface area (Å²) >= 11 is 3.21. The lowest BCUT2D eigenvalue weighted by atomic mass is 9.82. The van der Waals surface area contributed by atoms with Crippen LogP contribution >= 0.6 is 15.9 Å². The smallest absolute Gasteiger partial charge is 0.309 e. The predicted molar refractivity (Wildman–Crippen MR) is 95.3 cm³/mol. The molecule has 0 fully saturated rings. The van der Waals surface area contributed by atoms with E-state index in [4.69, 9.17) is 4.74 Å². The summed E-state index contributed by atoms with van der Waals surface area (Å²) in [6.45, 7) is 1.30. The number of hydrogen-bond acceptors (Lipinski definition) is 5. The Labute approximate surface area is 157 Å². The average molecular weight is 420 g/mol. The van der Waals surface area contributed by atoms with Crippen molar-refractivity contribution in [1.29, 1.82) is 0 Å². The first-order valence-electron chi connectivity index (χ1n) is 8.10. The third-order valence-corrected chi connectivity index (χ3v) is 5.25. The molecule has 6 nitrogen and oxygen atoms in total. The molecule has 0 saturated carbocycles. The molecular formula is C18H15BrFN3O3. The molecule has 2 aliphatic rings. The fourth-order valence-electron chi connectivity index (χ4n) is 3.59. The molecule has 0 bridgehead atoms. The first-order valence-corrected chi connectivity index (χ1v) is 8.89. The number of aromatic nitrogens is 2. The number of nitrogens with one attached hydrogen (secondary N) is 1. The monoisotopic (exact) mass is 419 g/mol. The molecular weight excluding hydrogens is 405 g/mol. The third-order valence-electron chi connectivity index (χ3n) is 4.64. The molecule has 1 aliphatic heterocycles. The van der Waals surface area contributed by atoms with Gasteiger partial charge in [0.15, 0.2) is 5.78 Å². The van der Waals surface area contributed by atoms with Crippen molar-refractivity contribution in [2.24, 2.45) is 7.05 Å². The van der Waals surface area contributed by atoms with E-state index in [2.05, 4.69) is 26.3 Å². The lowest BCUT2D eigenvalue weighted by Gasteiger charge is -2.26. The number of nitrogens with zero attached hydrogens (tertiary/aromatic N) is 2. The van der Waals surface area contributed by atoms with Gasteiger partial charge in [0.05, 0.1) is 10.0 Å². The Bertz CT molecular complexity index is 996. The summed E-state index contributed by atoms with van der Waals surface area (Å²) < 4.78 is 20.9. The zero-order chi connectivity index (χ0) is 18.6. The van der Waals surface area contributed by atoms with Gasteiger partial charge in [0.1, 0.15) is 11.6 Å². The van der Waals surface area contributed by atoms with Crippen LogP contribution in [0.3, 0.4) is 0 Å². The van der Waals surface area contributed by atoms with E-state index in [0.29, 0.717) is 34.3 Å². The van der Waals surface area contributed by atoms with E-state index in [9.17, 15) is 14.0 Å². The van der Waals surface area contributed by atoms with Crippen molar-refractivity contribution < 1.29 is 18.7 Å². The maximum absolute atomic E-state index is 13.7. The highest BCUT2D eigenvalue weighted by atomic mass is 79.9. The number of carbonyl (C=O) groups excluding carboxylic acids is 2. The van der Waals surface area contributed by atoms with E-state index in [1.54, 1.807) is 23.9 Å². The molecule has 26 heavy (non-hydrogen) atoms. The first kappa shape index (κ1) is 17.0. The summed E-state index contributed by atoms with van der Waals surface area (Å²) in [7, 11) is 1.73. The van der Waals surface area contributed by atoms with Gasteiger partial charge in [-0.15, -0.1) is 5.10 Å². The van der Waals surface area contributed by atoms with Crippen molar-refractivity contribution in [1.82, 2.24) is 9.78 Å². The molecule has 2 aromatic rings. The average Bonchev–Trinajstić information content (AvgIpc) is 3.09. The summed E-state index contributed by atoms with van der Waals surface area (Å²) in [5.74, 6) is -0.513. The Morgan fingerprint density at radius 3 is 2.88 bits per heavy atom.